The lowest BCUT2D eigenvalue weighted by molar-refractivity contribution is 1.07. The Morgan fingerprint density at radius 3 is 1.43 bits per heavy atom. The molecule has 12 aromatic rings. The molecule has 0 N–H and O–H groups in total. The first-order chi connectivity index (χ1) is 33.6. The third kappa shape index (κ3) is 7.45. The predicted molar refractivity (Wildman–Crippen MR) is 281 cm³/mol. The van der Waals surface area contributed by atoms with Crippen LogP contribution < -0.4 is 0 Å². The number of rotatable bonds is 8. The van der Waals surface area contributed by atoms with Gasteiger partial charge in [0.05, 0.1) is 11.6 Å². The zero-order valence-corrected chi connectivity index (χ0v) is 36.9. The van der Waals surface area contributed by atoms with Gasteiger partial charge in [0.2, 0.25) is 0 Å². The molecule has 12 rings (SSSR count). The molecule has 0 aliphatic carbocycles. The van der Waals surface area contributed by atoms with E-state index in [0.717, 1.165) is 66.8 Å². The lowest BCUT2D eigenvalue weighted by atomic mass is 9.87. The minimum atomic E-state index is 0.568. The van der Waals surface area contributed by atoms with Gasteiger partial charge in [0.15, 0.2) is 17.5 Å². The van der Waals surface area contributed by atoms with Crippen molar-refractivity contribution in [3.63, 3.8) is 0 Å². The van der Waals surface area contributed by atoms with Crippen molar-refractivity contribution in [3.05, 3.63) is 248 Å². The number of benzene rings is 11. The standard InChI is InChI=1S/C64H40N4/c65-41-52-39-49(36-37-57(52)59-25-10-11-26-60(59)58-24-9-8-23-56(58)50-35-32-45-29-28-43-15-5-7-22-55(43)61(45)40-50)48-19-12-20-51(38-48)64-67-62(46-16-2-1-3-17-46)66-63(68-64)47-33-30-44(31-34-47)54-27-13-18-42-14-4-6-21-53(42)54/h1-40H. The zero-order chi connectivity index (χ0) is 45.4. The Balaban J connectivity index is 0.902. The van der Waals surface area contributed by atoms with Crippen molar-refractivity contribution in [2.45, 2.75) is 0 Å². The molecule has 68 heavy (non-hydrogen) atoms. The Morgan fingerprint density at radius 1 is 0.250 bits per heavy atom. The van der Waals surface area contributed by atoms with E-state index in [1.807, 2.05) is 54.6 Å². The summed E-state index contributed by atoms with van der Waals surface area (Å²) in [6, 6.07) is 87.0. The maximum Gasteiger partial charge on any atom is 0.164 e. The monoisotopic (exact) mass is 864 g/mol. The minimum absolute atomic E-state index is 0.568. The number of aromatic nitrogens is 3. The van der Waals surface area contributed by atoms with Gasteiger partial charge in [-0.05, 0) is 101 Å². The number of hydrogen-bond acceptors (Lipinski definition) is 4. The van der Waals surface area contributed by atoms with Crippen LogP contribution in [0, 0.1) is 11.3 Å². The Morgan fingerprint density at radius 2 is 0.691 bits per heavy atom. The molecule has 4 nitrogen and oxygen atoms in total. The van der Waals surface area contributed by atoms with Crippen LogP contribution in [-0.4, -0.2) is 15.0 Å². The smallest absolute Gasteiger partial charge is 0.164 e. The molecule has 11 aromatic carbocycles. The van der Waals surface area contributed by atoms with Gasteiger partial charge in [-0.25, -0.2) is 15.0 Å². The average Bonchev–Trinajstić information content (AvgIpc) is 3.42. The fourth-order valence-electron chi connectivity index (χ4n) is 9.61. The molecular weight excluding hydrogens is 825 g/mol. The van der Waals surface area contributed by atoms with Gasteiger partial charge >= 0.3 is 0 Å². The van der Waals surface area contributed by atoms with Crippen LogP contribution in [0.3, 0.4) is 0 Å². The summed E-state index contributed by atoms with van der Waals surface area (Å²) in [4.78, 5) is 15.1. The molecule has 1 heterocycles. The van der Waals surface area contributed by atoms with E-state index in [0.29, 0.717) is 23.0 Å². The highest BCUT2D eigenvalue weighted by Crippen LogP contribution is 2.41. The van der Waals surface area contributed by atoms with Crippen molar-refractivity contribution in [1.82, 2.24) is 15.0 Å². The van der Waals surface area contributed by atoms with Crippen LogP contribution in [0.4, 0.5) is 0 Å². The van der Waals surface area contributed by atoms with Gasteiger partial charge < -0.3 is 0 Å². The lowest BCUT2D eigenvalue weighted by Gasteiger charge is -2.17. The molecular formula is C64H40N4. The summed E-state index contributed by atoms with van der Waals surface area (Å²) < 4.78 is 0. The van der Waals surface area contributed by atoms with Gasteiger partial charge in [-0.15, -0.1) is 0 Å². The number of hydrogen-bond donors (Lipinski definition) is 0. The molecule has 0 atom stereocenters. The maximum atomic E-state index is 10.8. The SMILES string of the molecule is N#Cc1cc(-c2cccc(-c3nc(-c4ccccc4)nc(-c4ccc(-c5cccc6ccccc56)cc4)n3)c2)ccc1-c1ccccc1-c1ccccc1-c1ccc2ccc3ccccc3c2c1. The van der Waals surface area contributed by atoms with Gasteiger partial charge in [0.1, 0.15) is 0 Å². The molecule has 0 bridgehead atoms. The van der Waals surface area contributed by atoms with Crippen LogP contribution in [0.25, 0.3) is 122 Å². The Kier molecular flexibility index (Phi) is 10.2. The minimum Gasteiger partial charge on any atom is -0.208 e. The van der Waals surface area contributed by atoms with Crippen molar-refractivity contribution in [3.8, 4) is 95.9 Å². The van der Waals surface area contributed by atoms with Crippen LogP contribution in [0.1, 0.15) is 5.56 Å². The van der Waals surface area contributed by atoms with Crippen molar-refractivity contribution >= 4 is 32.3 Å². The Bertz CT molecular complexity index is 3920. The molecule has 0 aliphatic heterocycles. The summed E-state index contributed by atoms with van der Waals surface area (Å²) in [5.74, 6) is 1.76. The summed E-state index contributed by atoms with van der Waals surface area (Å²) in [7, 11) is 0. The van der Waals surface area contributed by atoms with Gasteiger partial charge in [0, 0.05) is 22.3 Å². The van der Waals surface area contributed by atoms with Crippen molar-refractivity contribution in [2.24, 2.45) is 0 Å². The molecule has 0 saturated heterocycles. The highest BCUT2D eigenvalue weighted by atomic mass is 15.0. The first kappa shape index (κ1) is 40.2. The maximum absolute atomic E-state index is 10.8. The molecule has 4 heteroatoms. The van der Waals surface area contributed by atoms with E-state index in [1.165, 1.54) is 37.9 Å². The second kappa shape index (κ2) is 17.2. The number of nitriles is 1. The normalized spacial score (nSPS) is 11.2. The predicted octanol–water partition coefficient (Wildman–Crippen LogP) is 16.5. The van der Waals surface area contributed by atoms with Crippen LogP contribution in [0.5, 0.6) is 0 Å². The third-order valence-electron chi connectivity index (χ3n) is 13.0. The van der Waals surface area contributed by atoms with Gasteiger partial charge in [-0.1, -0.05) is 224 Å². The summed E-state index contributed by atoms with van der Waals surface area (Å²) in [5, 5.41) is 18.1. The first-order valence-corrected chi connectivity index (χ1v) is 22.8. The van der Waals surface area contributed by atoms with Crippen LogP contribution >= 0.6 is 0 Å². The fourth-order valence-corrected chi connectivity index (χ4v) is 9.61. The summed E-state index contributed by atoms with van der Waals surface area (Å²) >= 11 is 0. The molecule has 0 fully saturated rings. The fraction of sp³-hybridized carbons (Fsp3) is 0. The van der Waals surface area contributed by atoms with Crippen molar-refractivity contribution < 1.29 is 0 Å². The van der Waals surface area contributed by atoms with Gasteiger partial charge in [-0.3, -0.25) is 0 Å². The number of nitrogens with zero attached hydrogens (tertiary/aromatic N) is 4. The highest BCUT2D eigenvalue weighted by molar-refractivity contribution is 6.09. The summed E-state index contributed by atoms with van der Waals surface area (Å²) in [5.41, 5.74) is 13.8. The Hall–Kier alpha value is -9.30. The largest absolute Gasteiger partial charge is 0.208 e. The molecule has 1 aromatic heterocycles. The molecule has 316 valence electrons. The van der Waals surface area contributed by atoms with E-state index in [-0.39, 0.29) is 0 Å². The quantitative estimate of drug-likeness (QED) is 0.143. The molecule has 0 amide bonds. The van der Waals surface area contributed by atoms with E-state index in [2.05, 4.69) is 194 Å². The average molecular weight is 865 g/mol. The van der Waals surface area contributed by atoms with Crippen LogP contribution in [0.15, 0.2) is 243 Å². The van der Waals surface area contributed by atoms with E-state index >= 15 is 0 Å². The van der Waals surface area contributed by atoms with Gasteiger partial charge in [0.25, 0.3) is 0 Å². The van der Waals surface area contributed by atoms with Crippen molar-refractivity contribution in [1.29, 1.82) is 5.26 Å². The molecule has 0 saturated carbocycles. The van der Waals surface area contributed by atoms with E-state index in [4.69, 9.17) is 15.0 Å². The summed E-state index contributed by atoms with van der Waals surface area (Å²) in [6.45, 7) is 0. The molecule has 0 spiro atoms. The molecule has 0 unspecified atom stereocenters. The van der Waals surface area contributed by atoms with Gasteiger partial charge in [-0.2, -0.15) is 5.26 Å². The number of fused-ring (bicyclic) bond motifs is 4. The van der Waals surface area contributed by atoms with E-state index < -0.39 is 0 Å². The highest BCUT2D eigenvalue weighted by Gasteiger charge is 2.18. The van der Waals surface area contributed by atoms with Crippen LogP contribution in [0.2, 0.25) is 0 Å². The van der Waals surface area contributed by atoms with E-state index in [9.17, 15) is 5.26 Å². The zero-order valence-electron chi connectivity index (χ0n) is 36.9. The molecule has 0 radical (unpaired) electrons. The second-order valence-corrected chi connectivity index (χ2v) is 17.0. The Labute approximate surface area is 394 Å². The summed E-state index contributed by atoms with van der Waals surface area (Å²) in [6.07, 6.45) is 0. The first-order valence-electron chi connectivity index (χ1n) is 22.8. The third-order valence-corrected chi connectivity index (χ3v) is 13.0. The van der Waals surface area contributed by atoms with Crippen LogP contribution in [-0.2, 0) is 0 Å². The van der Waals surface area contributed by atoms with E-state index in [1.54, 1.807) is 0 Å². The lowest BCUT2D eigenvalue weighted by Crippen LogP contribution is -2.00. The molecule has 0 aliphatic rings. The van der Waals surface area contributed by atoms with Crippen molar-refractivity contribution in [2.75, 3.05) is 0 Å². The second-order valence-electron chi connectivity index (χ2n) is 17.0. The topological polar surface area (TPSA) is 62.5 Å².